The average molecular weight is 267 g/mol. The first-order chi connectivity index (χ1) is 9.20. The van der Waals surface area contributed by atoms with Crippen LogP contribution in [0.3, 0.4) is 0 Å². The number of rotatable bonds is 5. The topological polar surface area (TPSA) is 41.7 Å². The van der Waals surface area contributed by atoms with E-state index in [0.717, 1.165) is 38.3 Å². The van der Waals surface area contributed by atoms with Crippen molar-refractivity contribution in [3.05, 3.63) is 29.6 Å². The largest absolute Gasteiger partial charge is 0.489 e. The number of ether oxygens (including phenoxy) is 1. The molecule has 0 radical (unpaired) electrons. The van der Waals surface area contributed by atoms with Crippen LogP contribution in [0.4, 0.5) is 4.39 Å². The van der Waals surface area contributed by atoms with E-state index in [4.69, 9.17) is 10.5 Å². The summed E-state index contributed by atoms with van der Waals surface area (Å²) in [6.45, 7) is 5.86. The van der Waals surface area contributed by atoms with Crippen molar-refractivity contribution in [3.8, 4) is 5.75 Å². The fourth-order valence-corrected chi connectivity index (χ4v) is 2.22. The van der Waals surface area contributed by atoms with E-state index in [1.165, 1.54) is 6.07 Å². The SMILES string of the molecule is CN1CCN(CCOc2c(F)cccc2CN)CC1. The quantitative estimate of drug-likeness (QED) is 0.861. The molecule has 19 heavy (non-hydrogen) atoms. The van der Waals surface area contributed by atoms with E-state index in [9.17, 15) is 4.39 Å². The summed E-state index contributed by atoms with van der Waals surface area (Å²) >= 11 is 0. The molecule has 1 saturated heterocycles. The number of benzene rings is 1. The highest BCUT2D eigenvalue weighted by Crippen LogP contribution is 2.22. The van der Waals surface area contributed by atoms with Crippen LogP contribution in [-0.4, -0.2) is 56.2 Å². The molecule has 0 saturated carbocycles. The Bertz CT molecular complexity index is 406. The van der Waals surface area contributed by atoms with Crippen molar-refractivity contribution in [2.75, 3.05) is 46.4 Å². The lowest BCUT2D eigenvalue weighted by Gasteiger charge is -2.32. The summed E-state index contributed by atoms with van der Waals surface area (Å²) in [5.74, 6) is -0.0274. The first-order valence-corrected chi connectivity index (χ1v) is 6.72. The van der Waals surface area contributed by atoms with E-state index in [0.29, 0.717) is 18.9 Å². The Morgan fingerprint density at radius 2 is 2.00 bits per heavy atom. The minimum absolute atomic E-state index is 0.293. The normalized spacial score (nSPS) is 17.6. The molecule has 1 aromatic rings. The molecular weight excluding hydrogens is 245 g/mol. The predicted molar refractivity (Wildman–Crippen MR) is 73.7 cm³/mol. The van der Waals surface area contributed by atoms with Crippen LogP contribution in [0.2, 0.25) is 0 Å². The maximum Gasteiger partial charge on any atom is 0.165 e. The lowest BCUT2D eigenvalue weighted by atomic mass is 10.2. The number of nitrogens with two attached hydrogens (primary N) is 1. The Kier molecular flexibility index (Phi) is 5.13. The van der Waals surface area contributed by atoms with Crippen molar-refractivity contribution in [1.29, 1.82) is 0 Å². The van der Waals surface area contributed by atoms with E-state index in [1.807, 2.05) is 0 Å². The highest BCUT2D eigenvalue weighted by molar-refractivity contribution is 5.34. The first kappa shape index (κ1) is 14.2. The first-order valence-electron chi connectivity index (χ1n) is 6.72. The zero-order valence-corrected chi connectivity index (χ0v) is 11.4. The molecule has 0 amide bonds. The molecule has 1 aliphatic rings. The smallest absolute Gasteiger partial charge is 0.165 e. The molecule has 4 nitrogen and oxygen atoms in total. The van der Waals surface area contributed by atoms with Gasteiger partial charge in [0.2, 0.25) is 0 Å². The predicted octanol–water partition coefficient (Wildman–Crippen LogP) is 0.911. The summed E-state index contributed by atoms with van der Waals surface area (Å²) in [6, 6.07) is 4.86. The van der Waals surface area contributed by atoms with Crippen LogP contribution in [0.25, 0.3) is 0 Å². The van der Waals surface area contributed by atoms with Crippen LogP contribution in [0.15, 0.2) is 18.2 Å². The summed E-state index contributed by atoms with van der Waals surface area (Å²) in [4.78, 5) is 4.64. The molecule has 106 valence electrons. The van der Waals surface area contributed by atoms with Crippen molar-refractivity contribution in [2.45, 2.75) is 6.54 Å². The molecule has 2 N–H and O–H groups in total. The number of hydrogen-bond acceptors (Lipinski definition) is 4. The van der Waals surface area contributed by atoms with Gasteiger partial charge in [-0.15, -0.1) is 0 Å². The Balaban J connectivity index is 1.82. The van der Waals surface area contributed by atoms with E-state index in [-0.39, 0.29) is 5.82 Å². The molecule has 5 heteroatoms. The molecule has 0 bridgehead atoms. The van der Waals surface area contributed by atoms with E-state index in [1.54, 1.807) is 12.1 Å². The van der Waals surface area contributed by atoms with Crippen molar-refractivity contribution in [1.82, 2.24) is 9.80 Å². The molecule has 1 heterocycles. The van der Waals surface area contributed by atoms with Gasteiger partial charge in [-0.2, -0.15) is 0 Å². The molecule has 1 aliphatic heterocycles. The number of para-hydroxylation sites is 1. The van der Waals surface area contributed by atoms with Gasteiger partial charge in [-0.05, 0) is 13.1 Å². The third kappa shape index (κ3) is 3.89. The van der Waals surface area contributed by atoms with Crippen LogP contribution in [0.1, 0.15) is 5.56 Å². The summed E-state index contributed by atoms with van der Waals surface area (Å²) in [5.41, 5.74) is 6.31. The van der Waals surface area contributed by atoms with Crippen molar-refractivity contribution < 1.29 is 9.13 Å². The Morgan fingerprint density at radius 3 is 2.68 bits per heavy atom. The Hall–Kier alpha value is -1.17. The van der Waals surface area contributed by atoms with Gasteiger partial charge in [0.05, 0.1) is 0 Å². The van der Waals surface area contributed by atoms with Crippen LogP contribution < -0.4 is 10.5 Å². The summed E-state index contributed by atoms with van der Waals surface area (Å²) in [7, 11) is 2.13. The number of halogens is 1. The van der Waals surface area contributed by atoms with Crippen LogP contribution in [-0.2, 0) is 6.54 Å². The van der Waals surface area contributed by atoms with Crippen molar-refractivity contribution in [3.63, 3.8) is 0 Å². The summed E-state index contributed by atoms with van der Waals surface area (Å²) in [6.07, 6.45) is 0. The lowest BCUT2D eigenvalue weighted by Crippen LogP contribution is -2.45. The molecule has 0 unspecified atom stereocenters. The molecule has 0 spiro atoms. The van der Waals surface area contributed by atoms with Crippen LogP contribution in [0.5, 0.6) is 5.75 Å². The average Bonchev–Trinajstić information content (AvgIpc) is 2.42. The minimum atomic E-state index is -0.332. The molecule has 0 aromatic heterocycles. The number of hydrogen-bond donors (Lipinski definition) is 1. The van der Waals surface area contributed by atoms with Gasteiger partial charge in [0.1, 0.15) is 6.61 Å². The van der Waals surface area contributed by atoms with Gasteiger partial charge in [-0.1, -0.05) is 12.1 Å². The van der Waals surface area contributed by atoms with Gasteiger partial charge < -0.3 is 15.4 Å². The molecular formula is C14H22FN3O. The fourth-order valence-electron chi connectivity index (χ4n) is 2.22. The Labute approximate surface area is 113 Å². The molecule has 1 aromatic carbocycles. The minimum Gasteiger partial charge on any atom is -0.489 e. The second kappa shape index (κ2) is 6.84. The molecule has 2 rings (SSSR count). The second-order valence-corrected chi connectivity index (χ2v) is 4.93. The van der Waals surface area contributed by atoms with Gasteiger partial charge in [0, 0.05) is 44.8 Å². The van der Waals surface area contributed by atoms with Gasteiger partial charge in [-0.3, -0.25) is 4.90 Å². The number of piperazine rings is 1. The molecule has 0 atom stereocenters. The van der Waals surface area contributed by atoms with E-state index < -0.39 is 0 Å². The van der Waals surface area contributed by atoms with Crippen molar-refractivity contribution >= 4 is 0 Å². The van der Waals surface area contributed by atoms with Crippen LogP contribution >= 0.6 is 0 Å². The van der Waals surface area contributed by atoms with Gasteiger partial charge in [0.15, 0.2) is 11.6 Å². The maximum atomic E-state index is 13.7. The number of nitrogens with zero attached hydrogens (tertiary/aromatic N) is 2. The van der Waals surface area contributed by atoms with Gasteiger partial charge in [0.25, 0.3) is 0 Å². The number of likely N-dealkylation sites (N-methyl/N-ethyl adjacent to an activating group) is 1. The van der Waals surface area contributed by atoms with Gasteiger partial charge >= 0.3 is 0 Å². The fraction of sp³-hybridized carbons (Fsp3) is 0.571. The van der Waals surface area contributed by atoms with Gasteiger partial charge in [-0.25, -0.2) is 4.39 Å². The zero-order valence-electron chi connectivity index (χ0n) is 11.4. The highest BCUT2D eigenvalue weighted by atomic mass is 19.1. The monoisotopic (exact) mass is 267 g/mol. The summed E-state index contributed by atoms with van der Waals surface area (Å²) < 4.78 is 19.2. The van der Waals surface area contributed by atoms with Crippen molar-refractivity contribution in [2.24, 2.45) is 5.73 Å². The maximum absolute atomic E-state index is 13.7. The standard InChI is InChI=1S/C14H22FN3O/c1-17-5-7-18(8-6-17)9-10-19-14-12(11-16)3-2-4-13(14)15/h2-4H,5-11,16H2,1H3. The van der Waals surface area contributed by atoms with E-state index >= 15 is 0 Å². The third-order valence-corrected chi connectivity index (χ3v) is 3.52. The molecule has 1 fully saturated rings. The highest BCUT2D eigenvalue weighted by Gasteiger charge is 2.14. The van der Waals surface area contributed by atoms with E-state index in [2.05, 4.69) is 16.8 Å². The second-order valence-electron chi connectivity index (χ2n) is 4.93. The van der Waals surface area contributed by atoms with Crippen LogP contribution in [0, 0.1) is 5.82 Å². The zero-order chi connectivity index (χ0) is 13.7. The molecule has 0 aliphatic carbocycles. The lowest BCUT2D eigenvalue weighted by molar-refractivity contribution is 0.132. The summed E-state index contributed by atoms with van der Waals surface area (Å²) in [5, 5.41) is 0. The third-order valence-electron chi connectivity index (χ3n) is 3.52. The Morgan fingerprint density at radius 1 is 1.26 bits per heavy atom.